The SMILES string of the molecule is COC(=O)c1ccc([N+](=O)[O-])c(OCC(O)c2ccc(Cl)cc2)c1. The largest absolute Gasteiger partial charge is 0.484 e. The Labute approximate surface area is 142 Å². The smallest absolute Gasteiger partial charge is 0.337 e. The minimum atomic E-state index is -1.01. The van der Waals surface area contributed by atoms with Crippen molar-refractivity contribution in [1.82, 2.24) is 0 Å². The molecule has 0 spiro atoms. The summed E-state index contributed by atoms with van der Waals surface area (Å²) in [4.78, 5) is 22.0. The number of carbonyl (C=O) groups is 1. The number of nitrogens with zero attached hydrogens (tertiary/aromatic N) is 1. The van der Waals surface area contributed by atoms with Gasteiger partial charge >= 0.3 is 11.7 Å². The third kappa shape index (κ3) is 4.21. The fourth-order valence-electron chi connectivity index (χ4n) is 1.98. The molecular weight excluding hydrogens is 338 g/mol. The molecular formula is C16H14ClNO6. The van der Waals surface area contributed by atoms with Crippen molar-refractivity contribution >= 4 is 23.3 Å². The highest BCUT2D eigenvalue weighted by Crippen LogP contribution is 2.29. The number of halogens is 1. The number of nitro benzene ring substituents is 1. The van der Waals surface area contributed by atoms with Gasteiger partial charge in [-0.25, -0.2) is 4.79 Å². The summed E-state index contributed by atoms with van der Waals surface area (Å²) in [7, 11) is 1.20. The van der Waals surface area contributed by atoms with Gasteiger partial charge in [-0.3, -0.25) is 10.1 Å². The monoisotopic (exact) mass is 351 g/mol. The number of hydrogen-bond acceptors (Lipinski definition) is 6. The molecule has 0 saturated carbocycles. The van der Waals surface area contributed by atoms with Gasteiger partial charge in [-0.1, -0.05) is 23.7 Å². The summed E-state index contributed by atoms with van der Waals surface area (Å²) in [6.07, 6.45) is -1.01. The summed E-state index contributed by atoms with van der Waals surface area (Å²) in [6, 6.07) is 10.1. The number of esters is 1. The lowest BCUT2D eigenvalue weighted by atomic mass is 10.1. The van der Waals surface area contributed by atoms with Crippen LogP contribution in [-0.2, 0) is 4.74 Å². The van der Waals surface area contributed by atoms with E-state index in [1.807, 2.05) is 0 Å². The van der Waals surface area contributed by atoms with E-state index < -0.39 is 17.0 Å². The van der Waals surface area contributed by atoms with E-state index in [1.165, 1.54) is 19.2 Å². The van der Waals surface area contributed by atoms with E-state index in [2.05, 4.69) is 4.74 Å². The van der Waals surface area contributed by atoms with E-state index in [1.54, 1.807) is 24.3 Å². The number of aliphatic hydroxyl groups excluding tert-OH is 1. The maximum Gasteiger partial charge on any atom is 0.337 e. The normalized spacial score (nSPS) is 11.6. The molecule has 0 radical (unpaired) electrons. The second-order valence-electron chi connectivity index (χ2n) is 4.81. The average molecular weight is 352 g/mol. The van der Waals surface area contributed by atoms with Crippen LogP contribution in [0, 0.1) is 10.1 Å². The second kappa shape index (κ2) is 7.76. The Balaban J connectivity index is 2.19. The van der Waals surface area contributed by atoms with Crippen molar-refractivity contribution in [2.24, 2.45) is 0 Å². The van der Waals surface area contributed by atoms with Gasteiger partial charge in [0.2, 0.25) is 0 Å². The fraction of sp³-hybridized carbons (Fsp3) is 0.188. The third-order valence-corrected chi connectivity index (χ3v) is 3.48. The molecule has 2 aromatic rings. The van der Waals surface area contributed by atoms with Gasteiger partial charge in [0.1, 0.15) is 12.7 Å². The molecule has 7 nitrogen and oxygen atoms in total. The summed E-state index contributed by atoms with van der Waals surface area (Å²) in [5.74, 6) is -0.774. The molecule has 2 rings (SSSR count). The van der Waals surface area contributed by atoms with Crippen molar-refractivity contribution in [2.45, 2.75) is 6.10 Å². The number of carbonyl (C=O) groups excluding carboxylic acids is 1. The van der Waals surface area contributed by atoms with Gasteiger partial charge < -0.3 is 14.6 Å². The molecule has 0 amide bonds. The molecule has 1 atom stereocenters. The summed E-state index contributed by atoms with van der Waals surface area (Å²) < 4.78 is 9.92. The van der Waals surface area contributed by atoms with Crippen molar-refractivity contribution in [3.8, 4) is 5.75 Å². The Morgan fingerprint density at radius 3 is 2.54 bits per heavy atom. The van der Waals surface area contributed by atoms with Crippen LogP contribution < -0.4 is 4.74 Å². The highest BCUT2D eigenvalue weighted by Gasteiger charge is 2.20. The van der Waals surface area contributed by atoms with Crippen molar-refractivity contribution < 1.29 is 24.3 Å². The molecule has 0 aliphatic rings. The van der Waals surface area contributed by atoms with Crippen LogP contribution in [0.3, 0.4) is 0 Å². The lowest BCUT2D eigenvalue weighted by Gasteiger charge is -2.13. The molecule has 2 aromatic carbocycles. The second-order valence-corrected chi connectivity index (χ2v) is 5.25. The van der Waals surface area contributed by atoms with Crippen LogP contribution in [0.5, 0.6) is 5.75 Å². The zero-order chi connectivity index (χ0) is 17.7. The number of aliphatic hydroxyl groups is 1. The quantitative estimate of drug-likeness (QED) is 0.487. The maximum atomic E-state index is 11.5. The first-order valence-electron chi connectivity index (χ1n) is 6.85. The van der Waals surface area contributed by atoms with E-state index in [0.717, 1.165) is 6.07 Å². The van der Waals surface area contributed by atoms with Crippen LogP contribution in [-0.4, -0.2) is 29.7 Å². The Morgan fingerprint density at radius 1 is 1.29 bits per heavy atom. The first-order chi connectivity index (χ1) is 11.4. The van der Waals surface area contributed by atoms with Crippen LogP contribution in [0.2, 0.25) is 5.02 Å². The molecule has 0 aliphatic carbocycles. The zero-order valence-corrected chi connectivity index (χ0v) is 13.4. The molecule has 1 N–H and O–H groups in total. The van der Waals surface area contributed by atoms with Crippen LogP contribution in [0.4, 0.5) is 5.69 Å². The fourth-order valence-corrected chi connectivity index (χ4v) is 2.10. The van der Waals surface area contributed by atoms with Crippen LogP contribution >= 0.6 is 11.6 Å². The van der Waals surface area contributed by atoms with Gasteiger partial charge in [-0.2, -0.15) is 0 Å². The third-order valence-electron chi connectivity index (χ3n) is 3.23. The maximum absolute atomic E-state index is 11.5. The van der Waals surface area contributed by atoms with Crippen molar-refractivity contribution in [3.05, 3.63) is 68.7 Å². The standard InChI is InChI=1S/C16H14ClNO6/c1-23-16(20)11-4-7-13(18(21)22)15(8-11)24-9-14(19)10-2-5-12(17)6-3-10/h2-8,14,19H,9H2,1H3. The summed E-state index contributed by atoms with van der Waals surface area (Å²) in [6.45, 7) is -0.229. The lowest BCUT2D eigenvalue weighted by molar-refractivity contribution is -0.385. The average Bonchev–Trinajstić information content (AvgIpc) is 2.59. The number of methoxy groups -OCH3 is 1. The van der Waals surface area contributed by atoms with Gasteiger partial charge in [-0.15, -0.1) is 0 Å². The Hall–Kier alpha value is -2.64. The number of benzene rings is 2. The minimum absolute atomic E-state index is 0.110. The van der Waals surface area contributed by atoms with Gasteiger partial charge in [0.05, 0.1) is 17.6 Å². The van der Waals surface area contributed by atoms with Crippen LogP contribution in [0.15, 0.2) is 42.5 Å². The molecule has 0 saturated heterocycles. The highest BCUT2D eigenvalue weighted by molar-refractivity contribution is 6.30. The van der Waals surface area contributed by atoms with Crippen molar-refractivity contribution in [3.63, 3.8) is 0 Å². The van der Waals surface area contributed by atoms with Crippen LogP contribution in [0.1, 0.15) is 22.0 Å². The number of rotatable bonds is 6. The van der Waals surface area contributed by atoms with E-state index in [-0.39, 0.29) is 23.6 Å². The molecule has 0 aromatic heterocycles. The van der Waals surface area contributed by atoms with E-state index in [9.17, 15) is 20.0 Å². The van der Waals surface area contributed by atoms with Crippen molar-refractivity contribution in [1.29, 1.82) is 0 Å². The molecule has 0 fully saturated rings. The molecule has 126 valence electrons. The molecule has 8 heteroatoms. The topological polar surface area (TPSA) is 98.9 Å². The molecule has 24 heavy (non-hydrogen) atoms. The van der Waals surface area contributed by atoms with Crippen LogP contribution in [0.25, 0.3) is 0 Å². The summed E-state index contributed by atoms with van der Waals surface area (Å²) in [5.41, 5.74) is 0.344. The first-order valence-corrected chi connectivity index (χ1v) is 7.23. The van der Waals surface area contributed by atoms with Gasteiger partial charge in [0.15, 0.2) is 5.75 Å². The number of hydrogen-bond donors (Lipinski definition) is 1. The minimum Gasteiger partial charge on any atom is -0.484 e. The van der Waals surface area contributed by atoms with Crippen molar-refractivity contribution in [2.75, 3.05) is 13.7 Å². The Morgan fingerprint density at radius 2 is 1.96 bits per heavy atom. The zero-order valence-electron chi connectivity index (χ0n) is 12.6. The Kier molecular flexibility index (Phi) is 5.73. The molecule has 0 heterocycles. The van der Waals surface area contributed by atoms with E-state index >= 15 is 0 Å². The first kappa shape index (κ1) is 17.7. The molecule has 1 unspecified atom stereocenters. The molecule has 0 bridgehead atoms. The highest BCUT2D eigenvalue weighted by atomic mass is 35.5. The molecule has 0 aliphatic heterocycles. The summed E-state index contributed by atoms with van der Waals surface area (Å²) in [5, 5.41) is 21.7. The van der Waals surface area contributed by atoms with Gasteiger partial charge in [0, 0.05) is 17.2 Å². The van der Waals surface area contributed by atoms with Gasteiger partial charge in [-0.05, 0) is 23.8 Å². The van der Waals surface area contributed by atoms with E-state index in [4.69, 9.17) is 16.3 Å². The van der Waals surface area contributed by atoms with Gasteiger partial charge in [0.25, 0.3) is 0 Å². The predicted octanol–water partition coefficient (Wildman–Crippen LogP) is 3.15. The summed E-state index contributed by atoms with van der Waals surface area (Å²) >= 11 is 5.77. The predicted molar refractivity (Wildman–Crippen MR) is 86.3 cm³/mol. The lowest BCUT2D eigenvalue weighted by Crippen LogP contribution is -2.11. The van der Waals surface area contributed by atoms with E-state index in [0.29, 0.717) is 10.6 Å². The number of nitro groups is 1. The Bertz CT molecular complexity index is 747. The number of ether oxygens (including phenoxy) is 2.